The largest absolute Gasteiger partial charge is 0.497 e. The van der Waals surface area contributed by atoms with E-state index in [1.165, 1.54) is 0 Å². The third kappa shape index (κ3) is 3.09. The van der Waals surface area contributed by atoms with Gasteiger partial charge in [-0.1, -0.05) is 0 Å². The van der Waals surface area contributed by atoms with Gasteiger partial charge in [-0.2, -0.15) is 0 Å². The molecule has 2 aromatic rings. The van der Waals surface area contributed by atoms with Crippen LogP contribution in [0.1, 0.15) is 18.4 Å². The van der Waals surface area contributed by atoms with Gasteiger partial charge in [0.15, 0.2) is 5.79 Å². The Morgan fingerprint density at radius 3 is 2.62 bits per heavy atom. The summed E-state index contributed by atoms with van der Waals surface area (Å²) in [5.41, 5.74) is 1.05. The number of hydrogen-bond donors (Lipinski definition) is 0. The highest BCUT2D eigenvalue weighted by Crippen LogP contribution is 2.36. The van der Waals surface area contributed by atoms with E-state index in [4.69, 9.17) is 14.2 Å². The summed E-state index contributed by atoms with van der Waals surface area (Å²) in [5, 5.41) is 0. The topological polar surface area (TPSA) is 45.5 Å². The average Bonchev–Trinajstić information content (AvgIpc) is 3.20. The molecule has 0 bridgehead atoms. The first-order valence-electron chi connectivity index (χ1n) is 7.21. The number of rotatable bonds is 6. The van der Waals surface area contributed by atoms with E-state index in [2.05, 4.69) is 9.55 Å². The molecule has 1 aliphatic heterocycles. The van der Waals surface area contributed by atoms with Crippen LogP contribution in [0.25, 0.3) is 0 Å². The molecule has 0 unspecified atom stereocenters. The summed E-state index contributed by atoms with van der Waals surface area (Å²) in [5.74, 6) is 0.220. The molecule has 1 aliphatic rings. The highest BCUT2D eigenvalue weighted by atomic mass is 16.7. The van der Waals surface area contributed by atoms with Crippen LogP contribution in [0, 0.1) is 0 Å². The number of methoxy groups -OCH3 is 1. The summed E-state index contributed by atoms with van der Waals surface area (Å²) in [6.45, 7) is 2.18. The van der Waals surface area contributed by atoms with Crippen LogP contribution in [0.4, 0.5) is 0 Å². The molecule has 0 amide bonds. The zero-order valence-electron chi connectivity index (χ0n) is 12.2. The molecule has 0 saturated carbocycles. The van der Waals surface area contributed by atoms with Crippen molar-refractivity contribution in [3.63, 3.8) is 0 Å². The van der Waals surface area contributed by atoms with Gasteiger partial charge >= 0.3 is 0 Å². The fourth-order valence-corrected chi connectivity index (χ4v) is 2.67. The van der Waals surface area contributed by atoms with E-state index in [1.54, 1.807) is 13.3 Å². The number of benzene rings is 1. The summed E-state index contributed by atoms with van der Waals surface area (Å²) < 4.78 is 19.1. The highest BCUT2D eigenvalue weighted by molar-refractivity contribution is 5.30. The van der Waals surface area contributed by atoms with E-state index in [9.17, 15) is 0 Å². The fraction of sp³-hybridized carbons (Fsp3) is 0.438. The third-order valence-corrected chi connectivity index (χ3v) is 3.77. The molecule has 0 N–H and O–H groups in total. The van der Waals surface area contributed by atoms with Gasteiger partial charge in [-0.3, -0.25) is 0 Å². The summed E-state index contributed by atoms with van der Waals surface area (Å²) in [7, 11) is 1.67. The van der Waals surface area contributed by atoms with Crippen molar-refractivity contribution in [1.82, 2.24) is 9.55 Å². The Labute approximate surface area is 124 Å². The molecular formula is C16H20N2O3. The minimum Gasteiger partial charge on any atom is -0.497 e. The summed E-state index contributed by atoms with van der Waals surface area (Å²) in [6.07, 6.45) is 7.37. The van der Waals surface area contributed by atoms with Crippen LogP contribution in [-0.2, 0) is 21.8 Å². The van der Waals surface area contributed by atoms with Gasteiger partial charge in [-0.05, 0) is 30.7 Å². The summed E-state index contributed by atoms with van der Waals surface area (Å²) in [4.78, 5) is 4.05. The fourth-order valence-electron chi connectivity index (χ4n) is 2.67. The Balaban J connectivity index is 1.69. The molecule has 0 radical (unpaired) electrons. The SMILES string of the molecule is COc1ccc(C2(CCCn3ccnc3)OCCO2)cc1. The van der Waals surface area contributed by atoms with E-state index >= 15 is 0 Å². The van der Waals surface area contributed by atoms with E-state index in [1.807, 2.05) is 36.8 Å². The van der Waals surface area contributed by atoms with Crippen molar-refractivity contribution >= 4 is 0 Å². The van der Waals surface area contributed by atoms with Crippen molar-refractivity contribution in [3.8, 4) is 5.75 Å². The monoisotopic (exact) mass is 288 g/mol. The lowest BCUT2D eigenvalue weighted by Crippen LogP contribution is -2.27. The lowest BCUT2D eigenvalue weighted by Gasteiger charge is -2.28. The van der Waals surface area contributed by atoms with Gasteiger partial charge in [0.25, 0.3) is 0 Å². The number of hydrogen-bond acceptors (Lipinski definition) is 4. The first-order chi connectivity index (χ1) is 10.3. The van der Waals surface area contributed by atoms with Crippen molar-refractivity contribution < 1.29 is 14.2 Å². The predicted molar refractivity (Wildman–Crippen MR) is 78.0 cm³/mol. The maximum Gasteiger partial charge on any atom is 0.195 e. The molecule has 1 aromatic heterocycles. The molecule has 1 saturated heterocycles. The molecule has 2 heterocycles. The van der Waals surface area contributed by atoms with Crippen LogP contribution < -0.4 is 4.74 Å². The van der Waals surface area contributed by atoms with E-state index < -0.39 is 5.79 Å². The van der Waals surface area contributed by atoms with Gasteiger partial charge in [-0.15, -0.1) is 0 Å². The maximum absolute atomic E-state index is 5.93. The van der Waals surface area contributed by atoms with Crippen LogP contribution in [0.5, 0.6) is 5.75 Å². The number of nitrogens with zero attached hydrogens (tertiary/aromatic N) is 2. The molecule has 1 fully saturated rings. The quantitative estimate of drug-likeness (QED) is 0.819. The van der Waals surface area contributed by atoms with Gasteiger partial charge in [0, 0.05) is 30.9 Å². The molecule has 5 heteroatoms. The minimum absolute atomic E-state index is 0.618. The van der Waals surface area contributed by atoms with Crippen molar-refractivity contribution in [3.05, 3.63) is 48.5 Å². The molecule has 21 heavy (non-hydrogen) atoms. The number of aromatic nitrogens is 2. The van der Waals surface area contributed by atoms with Crippen LogP contribution in [0.3, 0.4) is 0 Å². The van der Waals surface area contributed by atoms with Crippen molar-refractivity contribution in [2.24, 2.45) is 0 Å². The Kier molecular flexibility index (Phi) is 4.22. The second-order valence-corrected chi connectivity index (χ2v) is 5.08. The van der Waals surface area contributed by atoms with Gasteiger partial charge in [-0.25, -0.2) is 4.98 Å². The van der Waals surface area contributed by atoms with Gasteiger partial charge < -0.3 is 18.8 Å². The maximum atomic E-state index is 5.93. The Morgan fingerprint density at radius 2 is 2.00 bits per heavy atom. The normalized spacial score (nSPS) is 17.0. The van der Waals surface area contributed by atoms with Crippen LogP contribution in [0.2, 0.25) is 0 Å². The lowest BCUT2D eigenvalue weighted by molar-refractivity contribution is -0.172. The first kappa shape index (κ1) is 14.1. The molecular weight excluding hydrogens is 268 g/mol. The predicted octanol–water partition coefficient (Wildman–Crippen LogP) is 2.57. The Morgan fingerprint density at radius 1 is 1.24 bits per heavy atom. The molecule has 5 nitrogen and oxygen atoms in total. The second-order valence-electron chi connectivity index (χ2n) is 5.08. The number of aryl methyl sites for hydroxylation is 1. The number of ether oxygens (including phenoxy) is 3. The van der Waals surface area contributed by atoms with Crippen LogP contribution in [-0.4, -0.2) is 29.9 Å². The lowest BCUT2D eigenvalue weighted by atomic mass is 10.0. The third-order valence-electron chi connectivity index (χ3n) is 3.77. The standard InChI is InChI=1S/C16H20N2O3/c1-19-15-5-3-14(4-6-15)16(20-11-12-21-16)7-2-9-18-10-8-17-13-18/h3-6,8,10,13H,2,7,9,11-12H2,1H3. The van der Waals surface area contributed by atoms with Crippen molar-refractivity contribution in [2.45, 2.75) is 25.2 Å². The van der Waals surface area contributed by atoms with Crippen LogP contribution >= 0.6 is 0 Å². The summed E-state index contributed by atoms with van der Waals surface area (Å²) >= 11 is 0. The van der Waals surface area contributed by atoms with E-state index in [-0.39, 0.29) is 0 Å². The molecule has 1 aromatic carbocycles. The van der Waals surface area contributed by atoms with E-state index in [0.717, 1.165) is 30.7 Å². The summed E-state index contributed by atoms with van der Waals surface area (Å²) in [6, 6.07) is 7.92. The first-order valence-corrected chi connectivity index (χ1v) is 7.21. The van der Waals surface area contributed by atoms with E-state index in [0.29, 0.717) is 13.2 Å². The molecule has 0 spiro atoms. The second kappa shape index (κ2) is 6.28. The zero-order chi connectivity index (χ0) is 14.5. The van der Waals surface area contributed by atoms with Gasteiger partial charge in [0.1, 0.15) is 5.75 Å². The van der Waals surface area contributed by atoms with Gasteiger partial charge in [0.05, 0.1) is 26.7 Å². The van der Waals surface area contributed by atoms with Gasteiger partial charge in [0.2, 0.25) is 0 Å². The zero-order valence-corrected chi connectivity index (χ0v) is 12.2. The van der Waals surface area contributed by atoms with Crippen molar-refractivity contribution in [1.29, 1.82) is 0 Å². The smallest absolute Gasteiger partial charge is 0.195 e. The van der Waals surface area contributed by atoms with Crippen LogP contribution in [0.15, 0.2) is 43.0 Å². The highest BCUT2D eigenvalue weighted by Gasteiger charge is 2.37. The molecule has 112 valence electrons. The van der Waals surface area contributed by atoms with Crippen molar-refractivity contribution in [2.75, 3.05) is 20.3 Å². The molecule has 0 aliphatic carbocycles. The average molecular weight is 288 g/mol. The molecule has 3 rings (SSSR count). The molecule has 0 atom stereocenters. The Hall–Kier alpha value is -1.85. The Bertz CT molecular complexity index is 545. The number of imidazole rings is 1. The minimum atomic E-state index is -0.618.